The van der Waals surface area contributed by atoms with Crippen LogP contribution in [0.3, 0.4) is 0 Å². The number of anilines is 1. The van der Waals surface area contributed by atoms with Gasteiger partial charge in [0.25, 0.3) is 5.91 Å². The van der Waals surface area contributed by atoms with Gasteiger partial charge in [-0.3, -0.25) is 4.79 Å². The van der Waals surface area contributed by atoms with Crippen LogP contribution < -0.4 is 15.8 Å². The number of amidine groups is 1. The number of benzene rings is 2. The van der Waals surface area contributed by atoms with Gasteiger partial charge in [-0.15, -0.1) is 0 Å². The highest BCUT2D eigenvalue weighted by Crippen LogP contribution is 2.24. The Morgan fingerprint density at radius 2 is 1.96 bits per heavy atom. The number of rotatable bonds is 6. The summed E-state index contributed by atoms with van der Waals surface area (Å²) >= 11 is 0. The largest absolute Gasteiger partial charge is 0.495 e. The van der Waals surface area contributed by atoms with Crippen LogP contribution in [0.4, 0.5) is 10.1 Å². The van der Waals surface area contributed by atoms with Gasteiger partial charge in [0, 0.05) is 5.56 Å². The first-order valence-corrected chi connectivity index (χ1v) is 7.15. The average molecular weight is 331 g/mol. The van der Waals surface area contributed by atoms with Gasteiger partial charge in [-0.25, -0.2) is 4.39 Å². The first-order chi connectivity index (χ1) is 11.5. The minimum atomic E-state index is -0.408. The number of carbonyl (C=O) groups excluding carboxylic acids is 1. The number of carbonyl (C=O) groups is 1. The zero-order valence-corrected chi connectivity index (χ0v) is 13.4. The third kappa shape index (κ3) is 4.70. The number of nitrogens with zero attached hydrogens (tertiary/aromatic N) is 1. The average Bonchev–Trinajstić information content (AvgIpc) is 2.55. The van der Waals surface area contributed by atoms with Crippen LogP contribution in [0.5, 0.6) is 5.75 Å². The Morgan fingerprint density at radius 1 is 1.25 bits per heavy atom. The lowest BCUT2D eigenvalue weighted by Crippen LogP contribution is -2.19. The van der Waals surface area contributed by atoms with Gasteiger partial charge in [0.05, 0.1) is 12.8 Å². The number of methoxy groups -OCH3 is 1. The maximum absolute atomic E-state index is 12.8. The van der Waals surface area contributed by atoms with Crippen LogP contribution in [0.25, 0.3) is 0 Å². The lowest BCUT2D eigenvalue weighted by atomic mass is 10.2. The third-order valence-electron chi connectivity index (χ3n) is 3.13. The number of nitrogens with one attached hydrogen (secondary N) is 1. The Kier molecular flexibility index (Phi) is 5.73. The van der Waals surface area contributed by atoms with Crippen LogP contribution in [0.15, 0.2) is 47.6 Å². The molecule has 0 aliphatic carbocycles. The van der Waals surface area contributed by atoms with Crippen molar-refractivity contribution in [2.75, 3.05) is 19.0 Å². The Morgan fingerprint density at radius 3 is 2.62 bits per heavy atom. The molecule has 0 fully saturated rings. The van der Waals surface area contributed by atoms with Crippen LogP contribution in [-0.2, 0) is 9.63 Å². The molecule has 7 heteroatoms. The number of ether oxygens (including phenoxy) is 1. The van der Waals surface area contributed by atoms with Crippen molar-refractivity contribution in [2.45, 2.75) is 6.92 Å². The molecular weight excluding hydrogens is 313 g/mol. The lowest BCUT2D eigenvalue weighted by Gasteiger charge is -2.10. The third-order valence-corrected chi connectivity index (χ3v) is 3.13. The zero-order chi connectivity index (χ0) is 17.5. The minimum Gasteiger partial charge on any atom is -0.495 e. The predicted octanol–water partition coefficient (Wildman–Crippen LogP) is 2.42. The van der Waals surface area contributed by atoms with Gasteiger partial charge in [0.15, 0.2) is 12.4 Å². The van der Waals surface area contributed by atoms with Crippen LogP contribution >= 0.6 is 0 Å². The molecule has 2 aromatic rings. The van der Waals surface area contributed by atoms with Gasteiger partial charge in [-0.1, -0.05) is 11.2 Å². The maximum atomic E-state index is 12.8. The van der Waals surface area contributed by atoms with E-state index in [1.54, 1.807) is 12.1 Å². The van der Waals surface area contributed by atoms with E-state index in [4.69, 9.17) is 15.3 Å². The first kappa shape index (κ1) is 17.3. The van der Waals surface area contributed by atoms with Crippen molar-refractivity contribution in [1.29, 1.82) is 0 Å². The fourth-order valence-electron chi connectivity index (χ4n) is 1.94. The number of hydrogen-bond donors (Lipinski definition) is 2. The van der Waals surface area contributed by atoms with E-state index in [1.165, 1.54) is 31.4 Å². The van der Waals surface area contributed by atoms with Crippen LogP contribution in [-0.4, -0.2) is 25.5 Å². The second-order valence-electron chi connectivity index (χ2n) is 5.01. The molecule has 0 heterocycles. The van der Waals surface area contributed by atoms with Gasteiger partial charge >= 0.3 is 0 Å². The monoisotopic (exact) mass is 331 g/mol. The quantitative estimate of drug-likeness (QED) is 0.483. The molecule has 0 bridgehead atoms. The lowest BCUT2D eigenvalue weighted by molar-refractivity contribution is -0.120. The van der Waals surface area contributed by atoms with Gasteiger partial charge in [-0.2, -0.15) is 0 Å². The number of hydrogen-bond acceptors (Lipinski definition) is 4. The number of aryl methyl sites for hydroxylation is 1. The van der Waals surface area contributed by atoms with E-state index in [1.807, 2.05) is 13.0 Å². The smallest absolute Gasteiger partial charge is 0.265 e. The van der Waals surface area contributed by atoms with Gasteiger partial charge in [-0.05, 0) is 48.9 Å². The summed E-state index contributed by atoms with van der Waals surface area (Å²) in [6, 6.07) is 10.9. The molecule has 0 unspecified atom stereocenters. The molecule has 0 aliphatic rings. The second-order valence-corrected chi connectivity index (χ2v) is 5.01. The summed E-state index contributed by atoms with van der Waals surface area (Å²) < 4.78 is 18.0. The molecule has 3 N–H and O–H groups in total. The number of amides is 1. The molecule has 0 atom stereocenters. The standard InChI is InChI=1S/C17H18FN3O3/c1-11-3-8-15(23-2)14(9-11)20-16(22)10-24-21-17(19)12-4-6-13(18)7-5-12/h3-9H,10H2,1-2H3,(H2,19,21)(H,20,22). The summed E-state index contributed by atoms with van der Waals surface area (Å²) in [7, 11) is 1.52. The SMILES string of the molecule is COc1ccc(C)cc1NC(=O)CO/N=C(\N)c1ccc(F)cc1. The molecule has 24 heavy (non-hydrogen) atoms. The van der Waals surface area contributed by atoms with Crippen LogP contribution in [0, 0.1) is 12.7 Å². The Hall–Kier alpha value is -3.09. The van der Waals surface area contributed by atoms with E-state index in [2.05, 4.69) is 10.5 Å². The van der Waals surface area contributed by atoms with E-state index in [0.29, 0.717) is 17.0 Å². The molecule has 0 spiro atoms. The van der Waals surface area contributed by atoms with Crippen molar-refractivity contribution < 1.29 is 18.8 Å². The van der Waals surface area contributed by atoms with Crippen molar-refractivity contribution in [3.63, 3.8) is 0 Å². The van der Waals surface area contributed by atoms with E-state index >= 15 is 0 Å². The molecule has 6 nitrogen and oxygen atoms in total. The number of halogens is 1. The highest BCUT2D eigenvalue weighted by molar-refractivity contribution is 5.97. The van der Waals surface area contributed by atoms with Crippen molar-refractivity contribution in [3.05, 3.63) is 59.4 Å². The number of nitrogens with two attached hydrogens (primary N) is 1. The molecule has 2 aromatic carbocycles. The van der Waals surface area contributed by atoms with Crippen molar-refractivity contribution in [2.24, 2.45) is 10.9 Å². The minimum absolute atomic E-state index is 0.0518. The molecule has 1 amide bonds. The molecule has 126 valence electrons. The fourth-order valence-corrected chi connectivity index (χ4v) is 1.94. The van der Waals surface area contributed by atoms with Gasteiger partial charge in [0.2, 0.25) is 0 Å². The van der Waals surface area contributed by atoms with Crippen LogP contribution in [0.2, 0.25) is 0 Å². The fraction of sp³-hybridized carbons (Fsp3) is 0.176. The van der Waals surface area contributed by atoms with Crippen LogP contribution in [0.1, 0.15) is 11.1 Å². The first-order valence-electron chi connectivity index (χ1n) is 7.15. The summed E-state index contributed by atoms with van der Waals surface area (Å²) in [5.74, 6) is -0.187. The number of oxime groups is 1. The van der Waals surface area contributed by atoms with E-state index in [-0.39, 0.29) is 18.3 Å². The normalized spacial score (nSPS) is 11.0. The predicted molar refractivity (Wildman–Crippen MR) is 89.4 cm³/mol. The van der Waals surface area contributed by atoms with Crippen molar-refractivity contribution in [3.8, 4) is 5.75 Å². The zero-order valence-electron chi connectivity index (χ0n) is 13.4. The molecule has 2 rings (SSSR count). The summed E-state index contributed by atoms with van der Waals surface area (Å²) in [4.78, 5) is 16.8. The molecule has 0 aliphatic heterocycles. The van der Waals surface area contributed by atoms with Crippen molar-refractivity contribution >= 4 is 17.4 Å². The Bertz CT molecular complexity index is 745. The maximum Gasteiger partial charge on any atom is 0.265 e. The van der Waals surface area contributed by atoms with E-state index in [0.717, 1.165) is 5.56 Å². The molecule has 0 saturated carbocycles. The Labute approximate surface area is 139 Å². The van der Waals surface area contributed by atoms with Crippen molar-refractivity contribution in [1.82, 2.24) is 0 Å². The van der Waals surface area contributed by atoms with Gasteiger partial charge < -0.3 is 20.6 Å². The highest BCUT2D eigenvalue weighted by Gasteiger charge is 2.08. The highest BCUT2D eigenvalue weighted by atomic mass is 19.1. The van der Waals surface area contributed by atoms with E-state index < -0.39 is 5.91 Å². The summed E-state index contributed by atoms with van der Waals surface area (Å²) in [6.07, 6.45) is 0. The molecular formula is C17H18FN3O3. The topological polar surface area (TPSA) is 85.9 Å². The Balaban J connectivity index is 1.92. The molecule has 0 aromatic heterocycles. The summed E-state index contributed by atoms with van der Waals surface area (Å²) in [6.45, 7) is 1.58. The van der Waals surface area contributed by atoms with E-state index in [9.17, 15) is 9.18 Å². The molecule has 0 saturated heterocycles. The second kappa shape index (κ2) is 7.96. The summed E-state index contributed by atoms with van der Waals surface area (Å²) in [5.41, 5.74) is 7.72. The van der Waals surface area contributed by atoms with Gasteiger partial charge in [0.1, 0.15) is 11.6 Å². The molecule has 0 radical (unpaired) electrons. The summed E-state index contributed by atoms with van der Waals surface area (Å²) in [5, 5.41) is 6.32.